The number of alkyl halides is 3. The molecule has 29 heavy (non-hydrogen) atoms. The van der Waals surface area contributed by atoms with E-state index in [1.54, 1.807) is 26.2 Å². The van der Waals surface area contributed by atoms with Crippen molar-refractivity contribution in [3.63, 3.8) is 0 Å². The number of fused-ring (bicyclic) bond motifs is 2. The Labute approximate surface area is 173 Å². The van der Waals surface area contributed by atoms with Gasteiger partial charge in [-0.3, -0.25) is 14.3 Å². The molecule has 1 saturated heterocycles. The van der Waals surface area contributed by atoms with Crippen LogP contribution in [-0.4, -0.2) is 45.2 Å². The number of ketones is 1. The van der Waals surface area contributed by atoms with E-state index in [4.69, 9.17) is 16.3 Å². The van der Waals surface area contributed by atoms with Crippen molar-refractivity contribution in [2.75, 3.05) is 6.61 Å². The Kier molecular flexibility index (Phi) is 4.79. The number of carbonyl (C=O) groups excluding carboxylic acids is 2. The van der Waals surface area contributed by atoms with Gasteiger partial charge in [0.1, 0.15) is 12.2 Å². The molecule has 2 aliphatic rings. The molecule has 4 heterocycles. The van der Waals surface area contributed by atoms with E-state index < -0.39 is 29.8 Å². The van der Waals surface area contributed by atoms with Gasteiger partial charge in [-0.15, -0.1) is 11.3 Å². The van der Waals surface area contributed by atoms with Gasteiger partial charge >= 0.3 is 12.1 Å². The Morgan fingerprint density at radius 2 is 2.14 bits per heavy atom. The van der Waals surface area contributed by atoms with Crippen molar-refractivity contribution >= 4 is 34.6 Å². The number of halogens is 4. The van der Waals surface area contributed by atoms with Crippen LogP contribution in [0.4, 0.5) is 13.2 Å². The van der Waals surface area contributed by atoms with Gasteiger partial charge < -0.3 is 9.64 Å². The Hall–Kier alpha value is -1.91. The number of carbonyl (C=O) groups is 2. The summed E-state index contributed by atoms with van der Waals surface area (Å²) in [6.07, 6.45) is -1.77. The van der Waals surface area contributed by atoms with Gasteiger partial charge in [-0.25, -0.2) is 0 Å². The van der Waals surface area contributed by atoms with E-state index in [9.17, 15) is 22.8 Å². The van der Waals surface area contributed by atoms with Gasteiger partial charge in [0.2, 0.25) is 0 Å². The standard InChI is InChI=1S/C18H17ClF3N3O3S/c1-9-4-17(15-11(3-14(19)29-15)13(26)8-28-17)5-12(10-6-23-24(2)7-10)25(9)16(27)18(20,21)22/h3,6-7,9,12H,4-5,8H2,1-2H3/t9-,12-,17-/m0/s1. The number of ether oxygens (including phenoxy) is 1. The molecule has 2 aromatic rings. The van der Waals surface area contributed by atoms with Crippen LogP contribution in [0.5, 0.6) is 0 Å². The number of likely N-dealkylation sites (tertiary alicyclic amines) is 1. The van der Waals surface area contributed by atoms with Crippen LogP contribution < -0.4 is 0 Å². The average Bonchev–Trinajstić information content (AvgIpc) is 3.23. The van der Waals surface area contributed by atoms with Crippen molar-refractivity contribution in [2.24, 2.45) is 7.05 Å². The first-order valence-electron chi connectivity index (χ1n) is 8.87. The summed E-state index contributed by atoms with van der Waals surface area (Å²) in [7, 11) is 1.65. The van der Waals surface area contributed by atoms with Gasteiger partial charge in [0.15, 0.2) is 5.78 Å². The van der Waals surface area contributed by atoms with Crippen LogP contribution in [-0.2, 0) is 22.2 Å². The van der Waals surface area contributed by atoms with Gasteiger partial charge in [-0.05, 0) is 13.0 Å². The lowest BCUT2D eigenvalue weighted by Gasteiger charge is -2.50. The molecule has 0 aliphatic carbocycles. The fraction of sp³-hybridized carbons (Fsp3) is 0.500. The molecule has 0 radical (unpaired) electrons. The number of hydrogen-bond acceptors (Lipinski definition) is 5. The number of nitrogens with zero attached hydrogens (tertiary/aromatic N) is 3. The molecule has 11 heteroatoms. The first-order valence-corrected chi connectivity index (χ1v) is 10.1. The number of aromatic nitrogens is 2. The monoisotopic (exact) mass is 447 g/mol. The summed E-state index contributed by atoms with van der Waals surface area (Å²) in [5.41, 5.74) is -0.0803. The van der Waals surface area contributed by atoms with Crippen molar-refractivity contribution in [3.8, 4) is 0 Å². The van der Waals surface area contributed by atoms with Crippen molar-refractivity contribution in [1.29, 1.82) is 0 Å². The van der Waals surface area contributed by atoms with Gasteiger partial charge in [0.05, 0.1) is 16.6 Å². The van der Waals surface area contributed by atoms with Crippen LogP contribution in [0.3, 0.4) is 0 Å². The zero-order valence-corrected chi connectivity index (χ0v) is 17.1. The number of aryl methyl sites for hydroxylation is 1. The van der Waals surface area contributed by atoms with E-state index in [1.807, 2.05) is 0 Å². The first kappa shape index (κ1) is 20.4. The molecule has 1 amide bonds. The lowest BCUT2D eigenvalue weighted by atomic mass is 9.77. The molecule has 1 spiro atoms. The zero-order valence-electron chi connectivity index (χ0n) is 15.5. The highest BCUT2D eigenvalue weighted by atomic mass is 35.5. The van der Waals surface area contributed by atoms with Crippen molar-refractivity contribution < 1.29 is 27.5 Å². The fourth-order valence-electron chi connectivity index (χ4n) is 4.31. The number of piperidine rings is 1. The summed E-state index contributed by atoms with van der Waals surface area (Å²) in [6.45, 7) is 1.38. The normalized spacial score (nSPS) is 27.4. The molecule has 156 valence electrons. The molecular weight excluding hydrogens is 431 g/mol. The second-order valence-corrected chi connectivity index (χ2v) is 9.11. The summed E-state index contributed by atoms with van der Waals surface area (Å²) >= 11 is 7.33. The Morgan fingerprint density at radius 1 is 1.41 bits per heavy atom. The van der Waals surface area contributed by atoms with Crippen molar-refractivity contribution in [3.05, 3.63) is 38.8 Å². The first-order chi connectivity index (χ1) is 13.5. The van der Waals surface area contributed by atoms with Crippen molar-refractivity contribution in [2.45, 2.75) is 43.6 Å². The number of thiophene rings is 1. The summed E-state index contributed by atoms with van der Waals surface area (Å²) in [4.78, 5) is 26.0. The molecule has 0 saturated carbocycles. The third-order valence-corrected chi connectivity index (χ3v) is 6.89. The van der Waals surface area contributed by atoms with E-state index in [0.29, 0.717) is 20.3 Å². The quantitative estimate of drug-likeness (QED) is 0.666. The number of hydrogen-bond donors (Lipinski definition) is 0. The highest BCUT2D eigenvalue weighted by Gasteiger charge is 2.55. The largest absolute Gasteiger partial charge is 0.471 e. The molecular formula is C18H17ClF3N3O3S. The highest BCUT2D eigenvalue weighted by molar-refractivity contribution is 7.16. The average molecular weight is 448 g/mol. The Morgan fingerprint density at radius 3 is 2.76 bits per heavy atom. The number of Topliss-reactive ketones (excluding diaryl/α,β-unsaturated/α-hetero) is 1. The van der Waals surface area contributed by atoms with E-state index in [-0.39, 0.29) is 25.2 Å². The minimum absolute atomic E-state index is 0.0714. The van der Waals surface area contributed by atoms with Crippen LogP contribution in [0.25, 0.3) is 0 Å². The Balaban J connectivity index is 1.82. The van der Waals surface area contributed by atoms with E-state index in [1.165, 1.54) is 22.2 Å². The minimum atomic E-state index is -5.00. The van der Waals surface area contributed by atoms with Crippen LogP contribution in [0.2, 0.25) is 4.34 Å². The van der Waals surface area contributed by atoms with Crippen LogP contribution in [0.1, 0.15) is 46.6 Å². The van der Waals surface area contributed by atoms with Gasteiger partial charge in [-0.2, -0.15) is 18.3 Å². The highest BCUT2D eigenvalue weighted by Crippen LogP contribution is 2.53. The maximum atomic E-state index is 13.3. The molecule has 0 N–H and O–H groups in total. The van der Waals surface area contributed by atoms with Crippen molar-refractivity contribution in [1.82, 2.24) is 14.7 Å². The second-order valence-electron chi connectivity index (χ2n) is 7.43. The molecule has 1 fully saturated rings. The van der Waals surface area contributed by atoms with Gasteiger partial charge in [0, 0.05) is 48.1 Å². The third kappa shape index (κ3) is 3.36. The van der Waals surface area contributed by atoms with E-state index in [2.05, 4.69) is 5.10 Å². The van der Waals surface area contributed by atoms with E-state index >= 15 is 0 Å². The summed E-state index contributed by atoms with van der Waals surface area (Å²) in [5.74, 6) is -2.11. The maximum Gasteiger partial charge on any atom is 0.471 e. The molecule has 0 bridgehead atoms. The smallest absolute Gasteiger partial charge is 0.361 e. The molecule has 6 nitrogen and oxygen atoms in total. The van der Waals surface area contributed by atoms with Gasteiger partial charge in [0.25, 0.3) is 0 Å². The summed E-state index contributed by atoms with van der Waals surface area (Å²) in [5, 5.41) is 4.05. The molecule has 4 rings (SSSR count). The van der Waals surface area contributed by atoms with Crippen LogP contribution in [0, 0.1) is 0 Å². The molecule has 0 unspecified atom stereocenters. The SMILES string of the molecule is C[C@H]1C[C@@]2(C[C@@H](c3cnn(C)c3)N1C(=O)C(F)(F)F)OCC(=O)c1cc(Cl)sc12. The molecule has 0 aromatic carbocycles. The maximum absolute atomic E-state index is 13.3. The topological polar surface area (TPSA) is 64.4 Å². The number of rotatable bonds is 1. The second kappa shape index (κ2) is 6.82. The fourth-order valence-corrected chi connectivity index (χ4v) is 5.72. The summed E-state index contributed by atoms with van der Waals surface area (Å²) in [6, 6.07) is -0.126. The van der Waals surface area contributed by atoms with Gasteiger partial charge in [-0.1, -0.05) is 11.6 Å². The molecule has 2 aliphatic heterocycles. The van der Waals surface area contributed by atoms with Crippen LogP contribution in [0.15, 0.2) is 18.5 Å². The molecule has 3 atom stereocenters. The van der Waals surface area contributed by atoms with Crippen LogP contribution >= 0.6 is 22.9 Å². The predicted octanol–water partition coefficient (Wildman–Crippen LogP) is 3.86. The number of amides is 1. The lowest BCUT2D eigenvalue weighted by Crippen LogP contribution is -2.56. The Bertz CT molecular complexity index is 989. The molecule has 2 aromatic heterocycles. The lowest BCUT2D eigenvalue weighted by molar-refractivity contribution is -0.200. The third-order valence-electron chi connectivity index (χ3n) is 5.44. The van der Waals surface area contributed by atoms with E-state index in [0.717, 1.165) is 4.90 Å². The zero-order chi connectivity index (χ0) is 21.1. The minimum Gasteiger partial charge on any atom is -0.361 e. The predicted molar refractivity (Wildman–Crippen MR) is 98.8 cm³/mol. The summed E-state index contributed by atoms with van der Waals surface area (Å²) < 4.78 is 47.8.